The van der Waals surface area contributed by atoms with Gasteiger partial charge in [-0.25, -0.2) is 4.98 Å². The molecule has 2 aromatic heterocycles. The summed E-state index contributed by atoms with van der Waals surface area (Å²) < 4.78 is 1.09. The van der Waals surface area contributed by atoms with Crippen LogP contribution in [0.2, 0.25) is 0 Å². The minimum absolute atomic E-state index is 0.0538. The first-order valence-corrected chi connectivity index (χ1v) is 9.58. The number of hydrogen-bond acceptors (Lipinski definition) is 5. The van der Waals surface area contributed by atoms with Crippen LogP contribution < -0.4 is 10.6 Å². The molecule has 120 valence electrons. The van der Waals surface area contributed by atoms with E-state index in [0.29, 0.717) is 18.1 Å². The first-order valence-electron chi connectivity index (χ1n) is 7.94. The van der Waals surface area contributed by atoms with Gasteiger partial charge in [-0.05, 0) is 49.9 Å². The van der Waals surface area contributed by atoms with Crippen LogP contribution in [0.25, 0.3) is 0 Å². The molecule has 2 aliphatic heterocycles. The maximum Gasteiger partial charge on any atom is 0.261 e. The van der Waals surface area contributed by atoms with Crippen LogP contribution in [-0.2, 0) is 0 Å². The van der Waals surface area contributed by atoms with Crippen LogP contribution in [0.3, 0.4) is 0 Å². The van der Waals surface area contributed by atoms with E-state index in [1.807, 2.05) is 31.3 Å². The first-order chi connectivity index (χ1) is 11.2. The Bertz CT molecular complexity index is 713. The minimum Gasteiger partial charge on any atom is -0.347 e. The molecule has 0 spiro atoms. The van der Waals surface area contributed by atoms with Crippen molar-refractivity contribution in [1.82, 2.24) is 15.6 Å². The smallest absolute Gasteiger partial charge is 0.261 e. The summed E-state index contributed by atoms with van der Waals surface area (Å²) in [6, 6.07) is 9.35. The molecule has 1 amide bonds. The average molecular weight is 345 g/mol. The van der Waals surface area contributed by atoms with Crippen LogP contribution in [0.1, 0.15) is 34.5 Å². The second-order valence-corrected chi connectivity index (χ2v) is 8.66. The Hall–Kier alpha value is -1.37. The fraction of sp³-hybridized carbons (Fsp3) is 0.412. The number of carbonyl (C=O) groups excluding carboxylic acids is 1. The van der Waals surface area contributed by atoms with E-state index in [4.69, 9.17) is 0 Å². The molecular weight excluding hydrogens is 326 g/mol. The van der Waals surface area contributed by atoms with Crippen molar-refractivity contribution in [3.8, 4) is 0 Å². The number of amides is 1. The van der Waals surface area contributed by atoms with E-state index < -0.39 is 0 Å². The van der Waals surface area contributed by atoms with Gasteiger partial charge in [0, 0.05) is 24.3 Å². The molecule has 0 aliphatic carbocycles. The largest absolute Gasteiger partial charge is 0.347 e. The molecule has 6 heteroatoms. The van der Waals surface area contributed by atoms with Crippen LogP contribution in [-0.4, -0.2) is 29.0 Å². The predicted octanol–water partition coefficient (Wildman–Crippen LogP) is 3.23. The standard InChI is InChI=1S/C17H19N3OS2/c1-10-2-6-15(18-9-10)23-16-7-5-14(22-16)17(21)20-13-8-11-3-4-12(13)19-11/h2,5-7,9,11-13,19H,3-4,8H2,1H3,(H,20,21). The summed E-state index contributed by atoms with van der Waals surface area (Å²) in [5.74, 6) is 0.0538. The zero-order chi connectivity index (χ0) is 15.8. The fourth-order valence-electron chi connectivity index (χ4n) is 3.34. The lowest BCUT2D eigenvalue weighted by Crippen LogP contribution is -2.42. The molecule has 0 radical (unpaired) electrons. The summed E-state index contributed by atoms with van der Waals surface area (Å²) in [5, 5.41) is 7.71. The Morgan fingerprint density at radius 1 is 1.35 bits per heavy atom. The topological polar surface area (TPSA) is 54.0 Å². The van der Waals surface area contributed by atoms with Gasteiger partial charge in [-0.3, -0.25) is 4.79 Å². The molecule has 2 N–H and O–H groups in total. The highest BCUT2D eigenvalue weighted by molar-refractivity contribution is 8.01. The Morgan fingerprint density at radius 2 is 2.26 bits per heavy atom. The molecule has 23 heavy (non-hydrogen) atoms. The van der Waals surface area contributed by atoms with E-state index in [1.54, 1.807) is 11.8 Å². The van der Waals surface area contributed by atoms with E-state index in [1.165, 1.54) is 24.2 Å². The Morgan fingerprint density at radius 3 is 2.96 bits per heavy atom. The summed E-state index contributed by atoms with van der Waals surface area (Å²) in [6.45, 7) is 2.03. The third-order valence-corrected chi connectivity index (χ3v) is 6.68. The van der Waals surface area contributed by atoms with E-state index >= 15 is 0 Å². The van der Waals surface area contributed by atoms with Crippen LogP contribution >= 0.6 is 23.1 Å². The van der Waals surface area contributed by atoms with Crippen molar-refractivity contribution in [3.63, 3.8) is 0 Å². The lowest BCUT2D eigenvalue weighted by atomic mass is 9.95. The summed E-state index contributed by atoms with van der Waals surface area (Å²) in [5.41, 5.74) is 1.15. The number of nitrogens with zero attached hydrogens (tertiary/aromatic N) is 1. The number of carbonyl (C=O) groups is 1. The average Bonchev–Trinajstić information content (AvgIpc) is 3.26. The fourth-order valence-corrected chi connectivity index (χ4v) is 5.25. The molecule has 0 aromatic carbocycles. The summed E-state index contributed by atoms with van der Waals surface area (Å²) in [4.78, 5) is 17.6. The van der Waals surface area contributed by atoms with E-state index in [9.17, 15) is 4.79 Å². The lowest BCUT2D eigenvalue weighted by Gasteiger charge is -2.20. The molecule has 0 saturated carbocycles. The highest BCUT2D eigenvalue weighted by Gasteiger charge is 2.39. The van der Waals surface area contributed by atoms with Crippen molar-refractivity contribution < 1.29 is 4.79 Å². The molecule has 4 nitrogen and oxygen atoms in total. The van der Waals surface area contributed by atoms with Gasteiger partial charge in [-0.15, -0.1) is 11.3 Å². The number of aryl methyl sites for hydroxylation is 1. The van der Waals surface area contributed by atoms with Crippen LogP contribution in [0.15, 0.2) is 39.7 Å². The molecule has 2 bridgehead atoms. The second kappa shape index (κ2) is 6.26. The normalized spacial score (nSPS) is 25.7. The number of aromatic nitrogens is 1. The third-order valence-electron chi connectivity index (χ3n) is 4.51. The predicted molar refractivity (Wildman–Crippen MR) is 93.2 cm³/mol. The quantitative estimate of drug-likeness (QED) is 0.893. The van der Waals surface area contributed by atoms with Gasteiger partial charge in [0.25, 0.3) is 5.91 Å². The second-order valence-electron chi connectivity index (χ2n) is 6.26. The lowest BCUT2D eigenvalue weighted by molar-refractivity contribution is 0.0935. The highest BCUT2D eigenvalue weighted by Crippen LogP contribution is 2.33. The molecule has 4 heterocycles. The van der Waals surface area contributed by atoms with Crippen molar-refractivity contribution in [2.45, 2.75) is 53.5 Å². The summed E-state index contributed by atoms with van der Waals surface area (Å²) >= 11 is 3.14. The van der Waals surface area contributed by atoms with E-state index in [0.717, 1.165) is 26.1 Å². The summed E-state index contributed by atoms with van der Waals surface area (Å²) in [7, 11) is 0. The van der Waals surface area contributed by atoms with Crippen molar-refractivity contribution in [2.75, 3.05) is 0 Å². The van der Waals surface area contributed by atoms with Crippen molar-refractivity contribution >= 4 is 29.0 Å². The SMILES string of the molecule is Cc1ccc(Sc2ccc(C(=O)NC3CC4CCC3N4)s2)nc1. The molecule has 2 fully saturated rings. The Kier molecular flexibility index (Phi) is 4.13. The number of nitrogens with one attached hydrogen (secondary N) is 2. The Balaban J connectivity index is 1.39. The third kappa shape index (κ3) is 3.29. The van der Waals surface area contributed by atoms with Crippen LogP contribution in [0, 0.1) is 6.92 Å². The highest BCUT2D eigenvalue weighted by atomic mass is 32.2. The molecule has 4 rings (SSSR count). The van der Waals surface area contributed by atoms with Gasteiger partial charge in [0.05, 0.1) is 9.09 Å². The van der Waals surface area contributed by atoms with Gasteiger partial charge in [0.15, 0.2) is 0 Å². The molecular formula is C17H19N3OS2. The molecule has 2 saturated heterocycles. The van der Waals surface area contributed by atoms with Gasteiger partial charge in [0.2, 0.25) is 0 Å². The monoisotopic (exact) mass is 345 g/mol. The van der Waals surface area contributed by atoms with Crippen molar-refractivity contribution in [2.24, 2.45) is 0 Å². The zero-order valence-electron chi connectivity index (χ0n) is 12.9. The van der Waals surface area contributed by atoms with Gasteiger partial charge in [0.1, 0.15) is 5.03 Å². The molecule has 2 aromatic rings. The number of fused-ring (bicyclic) bond motifs is 2. The Labute approximate surface area is 144 Å². The molecule has 3 unspecified atom stereocenters. The van der Waals surface area contributed by atoms with E-state index in [2.05, 4.69) is 21.7 Å². The number of thiophene rings is 1. The van der Waals surface area contributed by atoms with Gasteiger partial charge in [-0.1, -0.05) is 17.8 Å². The number of pyridine rings is 1. The van der Waals surface area contributed by atoms with E-state index in [-0.39, 0.29) is 5.91 Å². The molecule has 2 aliphatic rings. The van der Waals surface area contributed by atoms with Gasteiger partial charge >= 0.3 is 0 Å². The first kappa shape index (κ1) is 15.2. The van der Waals surface area contributed by atoms with Crippen LogP contribution in [0.4, 0.5) is 0 Å². The maximum absolute atomic E-state index is 12.4. The summed E-state index contributed by atoms with van der Waals surface area (Å²) in [6.07, 6.45) is 5.36. The van der Waals surface area contributed by atoms with Gasteiger partial charge < -0.3 is 10.6 Å². The maximum atomic E-state index is 12.4. The number of hydrogen-bond donors (Lipinski definition) is 2. The molecule has 3 atom stereocenters. The number of rotatable bonds is 4. The van der Waals surface area contributed by atoms with Crippen molar-refractivity contribution in [1.29, 1.82) is 0 Å². The zero-order valence-corrected chi connectivity index (χ0v) is 14.5. The van der Waals surface area contributed by atoms with Gasteiger partial charge in [-0.2, -0.15) is 0 Å². The minimum atomic E-state index is 0.0538. The van der Waals surface area contributed by atoms with Crippen molar-refractivity contribution in [3.05, 3.63) is 40.9 Å². The van der Waals surface area contributed by atoms with Crippen LogP contribution in [0.5, 0.6) is 0 Å².